The number of benzene rings is 3. The molecule has 1 heterocycles. The van der Waals surface area contributed by atoms with Crippen LogP contribution in [0, 0.1) is 0 Å². The number of hydrazine groups is 1. The molecule has 7 heteroatoms. The molecule has 3 N–H and O–H groups in total. The molecule has 150 valence electrons. The highest BCUT2D eigenvalue weighted by atomic mass is 32.2. The zero-order chi connectivity index (χ0) is 21.1. The van der Waals surface area contributed by atoms with Crippen molar-refractivity contribution < 1.29 is 19.8 Å². The molecule has 1 aliphatic rings. The average Bonchev–Trinajstić information content (AvgIpc) is 3.05. The van der Waals surface area contributed by atoms with Gasteiger partial charge in [0.15, 0.2) is 11.5 Å². The Morgan fingerprint density at radius 2 is 1.60 bits per heavy atom. The first-order valence-electron chi connectivity index (χ1n) is 9.18. The summed E-state index contributed by atoms with van der Waals surface area (Å²) < 4.78 is 0. The third-order valence-corrected chi connectivity index (χ3v) is 5.61. The molecule has 0 aliphatic carbocycles. The molecule has 1 saturated heterocycles. The van der Waals surface area contributed by atoms with E-state index in [4.69, 9.17) is 0 Å². The largest absolute Gasteiger partial charge is 0.504 e. The first-order valence-corrected chi connectivity index (χ1v) is 10.2. The fourth-order valence-corrected chi connectivity index (χ4v) is 3.95. The number of carbonyl (C=O) groups excluding carboxylic acids is 2. The zero-order valence-electron chi connectivity index (χ0n) is 15.8. The van der Waals surface area contributed by atoms with Gasteiger partial charge >= 0.3 is 0 Å². The van der Waals surface area contributed by atoms with Gasteiger partial charge in [-0.2, -0.15) is 0 Å². The molecular formula is C23H18N2O4S. The van der Waals surface area contributed by atoms with Crippen LogP contribution in [0.15, 0.2) is 83.3 Å². The minimum absolute atomic E-state index is 0.0504. The van der Waals surface area contributed by atoms with Crippen LogP contribution in [0.1, 0.15) is 11.1 Å². The number of hydrogen-bond acceptors (Lipinski definition) is 5. The van der Waals surface area contributed by atoms with Gasteiger partial charge in [-0.25, -0.2) is 5.01 Å². The van der Waals surface area contributed by atoms with Crippen LogP contribution in [-0.4, -0.2) is 22.0 Å². The Morgan fingerprint density at radius 3 is 2.30 bits per heavy atom. The van der Waals surface area contributed by atoms with Gasteiger partial charge in [-0.05, 0) is 48.0 Å². The highest BCUT2D eigenvalue weighted by Crippen LogP contribution is 2.35. The summed E-state index contributed by atoms with van der Waals surface area (Å²) in [6.07, 6.45) is 1.41. The highest BCUT2D eigenvalue weighted by molar-refractivity contribution is 7.98. The summed E-state index contributed by atoms with van der Waals surface area (Å²) in [7, 11) is 0. The van der Waals surface area contributed by atoms with Gasteiger partial charge in [0.05, 0.1) is 5.69 Å². The number of aromatic hydroxyl groups is 2. The quantitative estimate of drug-likeness (QED) is 0.253. The molecule has 3 aromatic rings. The smallest absolute Gasteiger partial charge is 0.282 e. The minimum Gasteiger partial charge on any atom is -0.504 e. The van der Waals surface area contributed by atoms with Crippen LogP contribution in [-0.2, 0) is 15.3 Å². The second kappa shape index (κ2) is 8.34. The molecule has 0 radical (unpaired) electrons. The molecule has 3 aromatic carbocycles. The van der Waals surface area contributed by atoms with E-state index in [0.29, 0.717) is 22.6 Å². The molecule has 30 heavy (non-hydrogen) atoms. The van der Waals surface area contributed by atoms with Crippen molar-refractivity contribution in [1.82, 2.24) is 5.43 Å². The van der Waals surface area contributed by atoms with E-state index in [1.165, 1.54) is 28.9 Å². The molecule has 1 aliphatic heterocycles. The number of nitrogens with zero attached hydrogens (tertiary/aromatic N) is 1. The van der Waals surface area contributed by atoms with Crippen LogP contribution in [0.3, 0.4) is 0 Å². The minimum atomic E-state index is -0.531. The molecule has 0 atom stereocenters. The maximum atomic E-state index is 12.7. The van der Waals surface area contributed by atoms with E-state index < -0.39 is 11.8 Å². The summed E-state index contributed by atoms with van der Waals surface area (Å²) in [5.74, 6) is -1.13. The van der Waals surface area contributed by atoms with Gasteiger partial charge in [0.25, 0.3) is 11.8 Å². The van der Waals surface area contributed by atoms with Crippen molar-refractivity contribution in [3.05, 3.63) is 89.5 Å². The molecule has 0 unspecified atom stereocenters. The topological polar surface area (TPSA) is 89.9 Å². The van der Waals surface area contributed by atoms with Crippen LogP contribution < -0.4 is 10.4 Å². The second-order valence-electron chi connectivity index (χ2n) is 6.62. The van der Waals surface area contributed by atoms with Crippen molar-refractivity contribution in [3.8, 4) is 11.5 Å². The maximum Gasteiger partial charge on any atom is 0.282 e. The third-order valence-electron chi connectivity index (χ3n) is 4.55. The van der Waals surface area contributed by atoms with Crippen molar-refractivity contribution in [2.24, 2.45) is 0 Å². The van der Waals surface area contributed by atoms with Gasteiger partial charge < -0.3 is 10.2 Å². The van der Waals surface area contributed by atoms with E-state index in [1.807, 2.05) is 36.4 Å². The number of phenols is 2. The number of hydrogen-bond donors (Lipinski definition) is 3. The van der Waals surface area contributed by atoms with Gasteiger partial charge in [0.2, 0.25) is 0 Å². The predicted octanol–water partition coefficient (Wildman–Crippen LogP) is 3.85. The first kappa shape index (κ1) is 19.6. The monoisotopic (exact) mass is 418 g/mol. The van der Waals surface area contributed by atoms with Crippen molar-refractivity contribution in [2.45, 2.75) is 10.6 Å². The lowest BCUT2D eigenvalue weighted by atomic mass is 10.1. The number of anilines is 1. The highest BCUT2D eigenvalue weighted by Gasteiger charge is 2.34. The summed E-state index contributed by atoms with van der Waals surface area (Å²) in [4.78, 5) is 26.1. The predicted molar refractivity (Wildman–Crippen MR) is 116 cm³/mol. The zero-order valence-corrected chi connectivity index (χ0v) is 16.6. The lowest BCUT2D eigenvalue weighted by Gasteiger charge is -2.13. The normalized spacial score (nSPS) is 14.9. The maximum absolute atomic E-state index is 12.7. The Balaban J connectivity index is 1.60. The third kappa shape index (κ3) is 4.01. The number of phenolic OH excluding ortho intramolecular Hbond substituents is 2. The van der Waals surface area contributed by atoms with Gasteiger partial charge in [-0.15, -0.1) is 11.8 Å². The number of thioether (sulfide) groups is 1. The average molecular weight is 418 g/mol. The van der Waals surface area contributed by atoms with Gasteiger partial charge in [-0.3, -0.25) is 15.0 Å². The number of rotatable bonds is 5. The fourth-order valence-electron chi connectivity index (χ4n) is 3.06. The molecule has 0 bridgehead atoms. The molecule has 0 aromatic heterocycles. The number of carbonyl (C=O) groups is 2. The molecule has 4 rings (SSSR count). The molecule has 1 fully saturated rings. The van der Waals surface area contributed by atoms with Crippen LogP contribution in [0.25, 0.3) is 6.08 Å². The number of para-hydroxylation sites is 1. The number of amides is 2. The lowest BCUT2D eigenvalue weighted by Crippen LogP contribution is -2.35. The molecular weight excluding hydrogens is 400 g/mol. The standard InChI is InChI=1S/C23H18N2O4S/c26-20-13-15(11-16(21(20)27)14-30-18-9-5-2-6-10-18)12-19-22(28)24-25(23(19)29)17-7-3-1-4-8-17/h1-13,26-27H,14H2,(H,24,28)/b19-12+. The summed E-state index contributed by atoms with van der Waals surface area (Å²) >= 11 is 1.50. The van der Waals surface area contributed by atoms with Gasteiger partial charge in [0, 0.05) is 16.2 Å². The van der Waals surface area contributed by atoms with Crippen molar-refractivity contribution in [1.29, 1.82) is 0 Å². The number of nitrogens with one attached hydrogen (secondary N) is 1. The second-order valence-corrected chi connectivity index (χ2v) is 7.67. The Hall–Kier alpha value is -3.71. The summed E-state index contributed by atoms with van der Waals surface area (Å²) in [5, 5.41) is 21.5. The van der Waals surface area contributed by atoms with Gasteiger partial charge in [-0.1, -0.05) is 36.4 Å². The van der Waals surface area contributed by atoms with Crippen molar-refractivity contribution in [3.63, 3.8) is 0 Å². The fraction of sp³-hybridized carbons (Fsp3) is 0.0435. The molecule has 0 spiro atoms. The van der Waals surface area contributed by atoms with Crippen LogP contribution >= 0.6 is 11.8 Å². The Morgan fingerprint density at radius 1 is 0.933 bits per heavy atom. The Bertz CT molecular complexity index is 1130. The molecule has 6 nitrogen and oxygen atoms in total. The summed E-state index contributed by atoms with van der Waals surface area (Å²) in [5.41, 5.74) is 3.98. The van der Waals surface area contributed by atoms with E-state index in [1.54, 1.807) is 30.3 Å². The van der Waals surface area contributed by atoms with Crippen LogP contribution in [0.4, 0.5) is 5.69 Å². The first-order chi connectivity index (χ1) is 14.5. The van der Waals surface area contributed by atoms with E-state index >= 15 is 0 Å². The lowest BCUT2D eigenvalue weighted by molar-refractivity contribution is -0.117. The van der Waals surface area contributed by atoms with E-state index in [-0.39, 0.29) is 17.1 Å². The molecule has 2 amide bonds. The van der Waals surface area contributed by atoms with Gasteiger partial charge in [0.1, 0.15) is 5.57 Å². The summed E-state index contributed by atoms with van der Waals surface area (Å²) in [6, 6.07) is 21.4. The van der Waals surface area contributed by atoms with Crippen molar-refractivity contribution >= 4 is 35.3 Å². The van der Waals surface area contributed by atoms with E-state index in [9.17, 15) is 19.8 Å². The molecule has 0 saturated carbocycles. The van der Waals surface area contributed by atoms with Crippen LogP contribution in [0.5, 0.6) is 11.5 Å². The SMILES string of the molecule is O=C1NN(c2ccccc2)C(=O)/C1=C/c1cc(O)c(O)c(CSc2ccccc2)c1. The van der Waals surface area contributed by atoms with E-state index in [2.05, 4.69) is 5.43 Å². The van der Waals surface area contributed by atoms with E-state index in [0.717, 1.165) is 4.90 Å². The van der Waals surface area contributed by atoms with Crippen LogP contribution in [0.2, 0.25) is 0 Å². The van der Waals surface area contributed by atoms with Crippen molar-refractivity contribution in [2.75, 3.05) is 5.01 Å². The Labute approximate surface area is 177 Å². The Kier molecular flexibility index (Phi) is 5.45. The summed E-state index contributed by atoms with van der Waals surface area (Å²) in [6.45, 7) is 0.